The van der Waals surface area contributed by atoms with E-state index < -0.39 is 0 Å². The highest BCUT2D eigenvalue weighted by Crippen LogP contribution is 2.17. The van der Waals surface area contributed by atoms with E-state index in [2.05, 4.69) is 11.9 Å². The van der Waals surface area contributed by atoms with Crippen molar-refractivity contribution in [2.45, 2.75) is 19.8 Å². The molecular formula is C8H13NO. The van der Waals surface area contributed by atoms with Crippen molar-refractivity contribution >= 4 is 5.91 Å². The van der Waals surface area contributed by atoms with Crippen LogP contribution < -0.4 is 5.32 Å². The number of nitrogens with one attached hydrogen (secondary N) is 1. The van der Waals surface area contributed by atoms with Crippen molar-refractivity contribution < 1.29 is 4.79 Å². The van der Waals surface area contributed by atoms with Gasteiger partial charge in [-0.3, -0.25) is 4.79 Å². The van der Waals surface area contributed by atoms with Gasteiger partial charge in [-0.05, 0) is 19.3 Å². The molecule has 0 aromatic rings. The molecule has 1 unspecified atom stereocenters. The van der Waals surface area contributed by atoms with E-state index in [4.69, 9.17) is 0 Å². The SMILES string of the molecule is C=C(C)C1CCC(=O)NC1. The molecule has 1 fully saturated rings. The maximum absolute atomic E-state index is 10.7. The quantitative estimate of drug-likeness (QED) is 0.541. The number of piperidine rings is 1. The van der Waals surface area contributed by atoms with Crippen LogP contribution in [0.5, 0.6) is 0 Å². The number of rotatable bonds is 1. The van der Waals surface area contributed by atoms with Crippen molar-refractivity contribution in [3.05, 3.63) is 12.2 Å². The second-order valence-electron chi connectivity index (χ2n) is 2.89. The molecule has 1 atom stereocenters. The molecule has 1 aliphatic rings. The van der Waals surface area contributed by atoms with Crippen LogP contribution in [0.15, 0.2) is 12.2 Å². The molecule has 0 radical (unpaired) electrons. The third-order valence-corrected chi connectivity index (χ3v) is 1.96. The Kier molecular flexibility index (Phi) is 2.10. The van der Waals surface area contributed by atoms with Crippen molar-refractivity contribution in [2.75, 3.05) is 6.54 Å². The minimum atomic E-state index is 0.178. The molecule has 0 spiro atoms. The molecule has 2 nitrogen and oxygen atoms in total. The van der Waals surface area contributed by atoms with E-state index in [0.717, 1.165) is 13.0 Å². The summed E-state index contributed by atoms with van der Waals surface area (Å²) in [5.74, 6) is 0.690. The van der Waals surface area contributed by atoms with Crippen molar-refractivity contribution in [1.29, 1.82) is 0 Å². The molecule has 1 saturated heterocycles. The second kappa shape index (κ2) is 2.86. The Bertz CT molecular complexity index is 153. The zero-order valence-corrected chi connectivity index (χ0v) is 6.31. The van der Waals surface area contributed by atoms with Crippen LogP contribution in [0.4, 0.5) is 0 Å². The Labute approximate surface area is 61.3 Å². The van der Waals surface area contributed by atoms with Gasteiger partial charge in [0.15, 0.2) is 0 Å². The van der Waals surface area contributed by atoms with Gasteiger partial charge in [0.2, 0.25) is 5.91 Å². The first-order chi connectivity index (χ1) is 4.70. The lowest BCUT2D eigenvalue weighted by molar-refractivity contribution is -0.122. The van der Waals surface area contributed by atoms with Crippen LogP contribution in [-0.2, 0) is 4.79 Å². The average Bonchev–Trinajstić information content (AvgIpc) is 1.88. The molecule has 0 aromatic carbocycles. The van der Waals surface area contributed by atoms with Gasteiger partial charge in [-0.1, -0.05) is 12.2 Å². The van der Waals surface area contributed by atoms with Gasteiger partial charge in [-0.25, -0.2) is 0 Å². The van der Waals surface area contributed by atoms with Crippen molar-refractivity contribution in [3.8, 4) is 0 Å². The predicted molar refractivity (Wildman–Crippen MR) is 40.5 cm³/mol. The molecule has 2 heteroatoms. The Hall–Kier alpha value is -0.790. The first-order valence-corrected chi connectivity index (χ1v) is 3.62. The highest BCUT2D eigenvalue weighted by molar-refractivity contribution is 5.76. The monoisotopic (exact) mass is 139 g/mol. The third-order valence-electron chi connectivity index (χ3n) is 1.96. The van der Waals surface area contributed by atoms with E-state index in [9.17, 15) is 4.79 Å². The van der Waals surface area contributed by atoms with Crippen LogP contribution in [0.25, 0.3) is 0 Å². The van der Waals surface area contributed by atoms with Crippen molar-refractivity contribution in [2.24, 2.45) is 5.92 Å². The molecular weight excluding hydrogens is 126 g/mol. The largest absolute Gasteiger partial charge is 0.356 e. The third kappa shape index (κ3) is 1.59. The Morgan fingerprint density at radius 1 is 1.80 bits per heavy atom. The van der Waals surface area contributed by atoms with Gasteiger partial charge >= 0.3 is 0 Å². The fourth-order valence-corrected chi connectivity index (χ4v) is 1.15. The summed E-state index contributed by atoms with van der Waals surface area (Å²) in [5.41, 5.74) is 1.18. The number of carbonyl (C=O) groups is 1. The topological polar surface area (TPSA) is 29.1 Å². The Morgan fingerprint density at radius 2 is 2.50 bits per heavy atom. The highest BCUT2D eigenvalue weighted by atomic mass is 16.1. The molecule has 10 heavy (non-hydrogen) atoms. The fourth-order valence-electron chi connectivity index (χ4n) is 1.15. The average molecular weight is 139 g/mol. The van der Waals surface area contributed by atoms with E-state index in [-0.39, 0.29) is 5.91 Å². The molecule has 1 N–H and O–H groups in total. The molecule has 0 aliphatic carbocycles. The maximum Gasteiger partial charge on any atom is 0.220 e. The van der Waals surface area contributed by atoms with Crippen LogP contribution in [-0.4, -0.2) is 12.5 Å². The Morgan fingerprint density at radius 3 is 2.90 bits per heavy atom. The zero-order chi connectivity index (χ0) is 7.56. The molecule has 56 valence electrons. The maximum atomic E-state index is 10.7. The normalized spacial score (nSPS) is 25.7. The van der Waals surface area contributed by atoms with Crippen molar-refractivity contribution in [3.63, 3.8) is 0 Å². The summed E-state index contributed by atoms with van der Waals surface area (Å²) < 4.78 is 0. The van der Waals surface area contributed by atoms with E-state index >= 15 is 0 Å². The first kappa shape index (κ1) is 7.32. The van der Waals surface area contributed by atoms with Gasteiger partial charge in [-0.15, -0.1) is 0 Å². The smallest absolute Gasteiger partial charge is 0.220 e. The lowest BCUT2D eigenvalue weighted by Crippen LogP contribution is -2.35. The summed E-state index contributed by atoms with van der Waals surface area (Å²) >= 11 is 0. The lowest BCUT2D eigenvalue weighted by atomic mass is 9.93. The van der Waals surface area contributed by atoms with Gasteiger partial charge in [0.05, 0.1) is 0 Å². The number of carbonyl (C=O) groups excluding carboxylic acids is 1. The first-order valence-electron chi connectivity index (χ1n) is 3.62. The second-order valence-corrected chi connectivity index (χ2v) is 2.89. The number of hydrogen-bond acceptors (Lipinski definition) is 1. The minimum Gasteiger partial charge on any atom is -0.356 e. The number of hydrogen-bond donors (Lipinski definition) is 1. The van der Waals surface area contributed by atoms with Crippen LogP contribution in [0, 0.1) is 5.92 Å². The Balaban J connectivity index is 2.40. The minimum absolute atomic E-state index is 0.178. The summed E-state index contributed by atoms with van der Waals surface area (Å²) in [6.45, 7) is 6.65. The van der Waals surface area contributed by atoms with Gasteiger partial charge < -0.3 is 5.32 Å². The molecule has 0 bridgehead atoms. The van der Waals surface area contributed by atoms with E-state index in [1.807, 2.05) is 6.92 Å². The van der Waals surface area contributed by atoms with Gasteiger partial charge in [0.1, 0.15) is 0 Å². The van der Waals surface area contributed by atoms with Crippen LogP contribution >= 0.6 is 0 Å². The molecule has 1 aliphatic heterocycles. The molecule has 1 amide bonds. The summed E-state index contributed by atoms with van der Waals surface area (Å²) in [5, 5.41) is 2.81. The molecule has 0 saturated carbocycles. The summed E-state index contributed by atoms with van der Waals surface area (Å²) in [4.78, 5) is 10.7. The molecule has 1 heterocycles. The molecule has 0 aromatic heterocycles. The van der Waals surface area contributed by atoms with E-state index in [0.29, 0.717) is 12.3 Å². The lowest BCUT2D eigenvalue weighted by Gasteiger charge is -2.22. The standard InChI is InChI=1S/C8H13NO/c1-6(2)7-3-4-8(10)9-5-7/h7H,1,3-5H2,2H3,(H,9,10). The summed E-state index contributed by atoms with van der Waals surface area (Å²) in [6, 6.07) is 0. The van der Waals surface area contributed by atoms with Gasteiger partial charge in [0, 0.05) is 13.0 Å². The predicted octanol–water partition coefficient (Wildman–Crippen LogP) is 1.09. The highest BCUT2D eigenvalue weighted by Gasteiger charge is 2.17. The number of amides is 1. The van der Waals surface area contributed by atoms with Crippen molar-refractivity contribution in [1.82, 2.24) is 5.32 Å². The van der Waals surface area contributed by atoms with Gasteiger partial charge in [0.25, 0.3) is 0 Å². The van der Waals surface area contributed by atoms with Gasteiger partial charge in [-0.2, -0.15) is 0 Å². The van der Waals surface area contributed by atoms with Crippen LogP contribution in [0.2, 0.25) is 0 Å². The van der Waals surface area contributed by atoms with Crippen LogP contribution in [0.3, 0.4) is 0 Å². The van der Waals surface area contributed by atoms with E-state index in [1.54, 1.807) is 0 Å². The van der Waals surface area contributed by atoms with E-state index in [1.165, 1.54) is 5.57 Å². The summed E-state index contributed by atoms with van der Waals surface area (Å²) in [6.07, 6.45) is 1.64. The molecule has 1 rings (SSSR count). The summed E-state index contributed by atoms with van der Waals surface area (Å²) in [7, 11) is 0. The zero-order valence-electron chi connectivity index (χ0n) is 6.31. The fraction of sp³-hybridized carbons (Fsp3) is 0.625. The van der Waals surface area contributed by atoms with Crippen LogP contribution in [0.1, 0.15) is 19.8 Å².